The lowest BCUT2D eigenvalue weighted by Gasteiger charge is -2.32. The maximum atomic E-state index is 13.6. The zero-order valence-electron chi connectivity index (χ0n) is 19.7. The topological polar surface area (TPSA) is 86.8 Å². The number of carbonyl (C=O) groups excluding carboxylic acids is 2. The van der Waals surface area contributed by atoms with Crippen LogP contribution in [-0.2, 0) is 26.2 Å². The predicted octanol–water partition coefficient (Wildman–Crippen LogP) is 5.51. The Morgan fingerprint density at radius 3 is 2.26 bits per heavy atom. The van der Waals surface area contributed by atoms with Crippen LogP contribution in [0.4, 0.5) is 5.69 Å². The summed E-state index contributed by atoms with van der Waals surface area (Å²) < 4.78 is 27.0. The molecule has 0 aliphatic carbocycles. The normalized spacial score (nSPS) is 13.1. The molecular formula is C23H27BrCl3N3O4S. The summed E-state index contributed by atoms with van der Waals surface area (Å²) in [5.41, 5.74) is 0.769. The van der Waals surface area contributed by atoms with Gasteiger partial charge in [0.15, 0.2) is 0 Å². The Hall–Kier alpha value is -1.52. The van der Waals surface area contributed by atoms with Crippen molar-refractivity contribution >= 4 is 78.3 Å². The number of benzene rings is 2. The van der Waals surface area contributed by atoms with Gasteiger partial charge in [0.1, 0.15) is 12.6 Å². The van der Waals surface area contributed by atoms with Gasteiger partial charge in [-0.1, -0.05) is 69.8 Å². The molecule has 2 atom stereocenters. The van der Waals surface area contributed by atoms with Crippen molar-refractivity contribution in [1.82, 2.24) is 10.2 Å². The third-order valence-corrected chi connectivity index (χ3v) is 7.99. The van der Waals surface area contributed by atoms with E-state index < -0.39 is 28.5 Å². The fourth-order valence-electron chi connectivity index (χ4n) is 3.18. The van der Waals surface area contributed by atoms with Crippen molar-refractivity contribution < 1.29 is 18.0 Å². The van der Waals surface area contributed by atoms with Crippen LogP contribution in [0, 0.1) is 0 Å². The van der Waals surface area contributed by atoms with Crippen LogP contribution in [0.15, 0.2) is 40.9 Å². The minimum absolute atomic E-state index is 0.0102. The molecule has 2 amide bonds. The molecule has 0 saturated carbocycles. The lowest BCUT2D eigenvalue weighted by atomic mass is 10.1. The summed E-state index contributed by atoms with van der Waals surface area (Å²) in [7, 11) is -3.96. The summed E-state index contributed by atoms with van der Waals surface area (Å²) in [4.78, 5) is 27.8. The maximum absolute atomic E-state index is 13.6. The van der Waals surface area contributed by atoms with Crippen molar-refractivity contribution in [2.45, 2.75) is 45.8 Å². The van der Waals surface area contributed by atoms with E-state index in [-0.39, 0.29) is 39.2 Å². The van der Waals surface area contributed by atoms with E-state index in [1.165, 1.54) is 17.0 Å². The lowest BCUT2D eigenvalue weighted by molar-refractivity contribution is -0.139. The number of anilines is 1. The van der Waals surface area contributed by atoms with E-state index in [4.69, 9.17) is 34.8 Å². The van der Waals surface area contributed by atoms with E-state index >= 15 is 0 Å². The van der Waals surface area contributed by atoms with E-state index in [0.717, 1.165) is 27.0 Å². The summed E-state index contributed by atoms with van der Waals surface area (Å²) in [5.74, 6) is -0.939. The minimum atomic E-state index is -3.96. The first kappa shape index (κ1) is 29.7. The monoisotopic (exact) mass is 625 g/mol. The van der Waals surface area contributed by atoms with E-state index in [1.54, 1.807) is 6.92 Å². The number of halogens is 4. The highest BCUT2D eigenvalue weighted by Crippen LogP contribution is 2.35. The van der Waals surface area contributed by atoms with Gasteiger partial charge < -0.3 is 10.2 Å². The number of nitrogens with one attached hydrogen (secondary N) is 1. The van der Waals surface area contributed by atoms with Gasteiger partial charge in [0.25, 0.3) is 0 Å². The highest BCUT2D eigenvalue weighted by atomic mass is 79.9. The molecule has 0 fully saturated rings. The first-order valence-electron chi connectivity index (χ1n) is 10.7. The molecule has 0 aromatic heterocycles. The number of hydrogen-bond acceptors (Lipinski definition) is 4. The van der Waals surface area contributed by atoms with Gasteiger partial charge in [-0.2, -0.15) is 0 Å². The second kappa shape index (κ2) is 12.6. The molecular weight excluding hydrogens is 601 g/mol. The van der Waals surface area contributed by atoms with Gasteiger partial charge in [-0.15, -0.1) is 0 Å². The highest BCUT2D eigenvalue weighted by molar-refractivity contribution is 9.10. The average molecular weight is 628 g/mol. The van der Waals surface area contributed by atoms with Crippen LogP contribution < -0.4 is 9.62 Å². The molecule has 12 heteroatoms. The molecule has 0 spiro atoms. The summed E-state index contributed by atoms with van der Waals surface area (Å²) in [6.07, 6.45) is 1.67. The molecule has 2 aromatic rings. The standard InChI is InChI=1S/C23H27BrCl3N3O4S/c1-5-14(2)28-23(32)15(3)29(12-16-7-6-8-17(24)9-16)22(31)13-30(35(4,33)34)21-11-19(26)18(25)10-20(21)27/h6-11,14-15H,5,12-13H2,1-4H3,(H,28,32)/t14-,15-/m1/s1. The van der Waals surface area contributed by atoms with Crippen LogP contribution in [0.5, 0.6) is 0 Å². The van der Waals surface area contributed by atoms with Gasteiger partial charge in [-0.05, 0) is 50.1 Å². The Morgan fingerprint density at radius 2 is 1.69 bits per heavy atom. The quantitative estimate of drug-likeness (QED) is 0.352. The molecule has 192 valence electrons. The molecule has 0 aliphatic rings. The molecule has 0 aliphatic heterocycles. The predicted molar refractivity (Wildman–Crippen MR) is 146 cm³/mol. The number of nitrogens with zero attached hydrogens (tertiary/aromatic N) is 2. The SMILES string of the molecule is CC[C@@H](C)NC(=O)[C@@H](C)N(Cc1cccc(Br)c1)C(=O)CN(c1cc(Cl)c(Cl)cc1Cl)S(C)(=O)=O. The molecule has 0 radical (unpaired) electrons. The Bertz CT molecular complexity index is 1200. The first-order valence-corrected chi connectivity index (χ1v) is 14.5. The molecule has 2 rings (SSSR count). The Balaban J connectivity index is 2.46. The third-order valence-electron chi connectivity index (χ3n) is 5.35. The van der Waals surface area contributed by atoms with Crippen molar-refractivity contribution in [3.8, 4) is 0 Å². The zero-order chi connectivity index (χ0) is 26.5. The van der Waals surface area contributed by atoms with Gasteiger partial charge in [0.2, 0.25) is 21.8 Å². The molecule has 0 heterocycles. The molecule has 0 unspecified atom stereocenters. The van der Waals surface area contributed by atoms with Crippen molar-refractivity contribution in [2.75, 3.05) is 17.1 Å². The highest BCUT2D eigenvalue weighted by Gasteiger charge is 2.31. The summed E-state index contributed by atoms with van der Waals surface area (Å²) in [5, 5.41) is 3.11. The summed E-state index contributed by atoms with van der Waals surface area (Å²) in [6.45, 7) is 4.89. The third kappa shape index (κ3) is 8.25. The number of rotatable bonds is 10. The van der Waals surface area contributed by atoms with Crippen LogP contribution in [0.2, 0.25) is 15.1 Å². The zero-order valence-corrected chi connectivity index (χ0v) is 24.4. The van der Waals surface area contributed by atoms with Crippen LogP contribution in [-0.4, -0.2) is 50.0 Å². The number of amides is 2. The maximum Gasteiger partial charge on any atom is 0.244 e. The van der Waals surface area contributed by atoms with Gasteiger partial charge in [-0.25, -0.2) is 8.42 Å². The van der Waals surface area contributed by atoms with Crippen LogP contribution >= 0.6 is 50.7 Å². The Morgan fingerprint density at radius 1 is 1.06 bits per heavy atom. The average Bonchev–Trinajstić information content (AvgIpc) is 2.77. The number of hydrogen-bond donors (Lipinski definition) is 1. The lowest BCUT2D eigenvalue weighted by Crippen LogP contribution is -2.52. The Kier molecular flexibility index (Phi) is 10.7. The van der Waals surface area contributed by atoms with Gasteiger partial charge in [-0.3, -0.25) is 13.9 Å². The molecule has 0 bridgehead atoms. The fourth-order valence-corrected chi connectivity index (χ4v) is 5.17. The Labute approximate surface area is 229 Å². The van der Waals surface area contributed by atoms with E-state index in [9.17, 15) is 18.0 Å². The van der Waals surface area contributed by atoms with E-state index in [0.29, 0.717) is 0 Å². The van der Waals surface area contributed by atoms with Gasteiger partial charge in [0, 0.05) is 17.1 Å². The fraction of sp³-hybridized carbons (Fsp3) is 0.391. The largest absolute Gasteiger partial charge is 0.352 e. The molecule has 7 nitrogen and oxygen atoms in total. The van der Waals surface area contributed by atoms with Crippen LogP contribution in [0.1, 0.15) is 32.8 Å². The number of carbonyl (C=O) groups is 2. The summed E-state index contributed by atoms with van der Waals surface area (Å²) >= 11 is 21.7. The van der Waals surface area contributed by atoms with Crippen molar-refractivity contribution in [1.29, 1.82) is 0 Å². The molecule has 2 aromatic carbocycles. The van der Waals surface area contributed by atoms with Gasteiger partial charge in [0.05, 0.1) is 27.0 Å². The first-order chi connectivity index (χ1) is 16.2. The van der Waals surface area contributed by atoms with Crippen LogP contribution in [0.25, 0.3) is 0 Å². The minimum Gasteiger partial charge on any atom is -0.352 e. The second-order valence-corrected chi connectivity index (χ2v) is 12.2. The van der Waals surface area contributed by atoms with E-state index in [1.807, 2.05) is 38.1 Å². The molecule has 1 N–H and O–H groups in total. The van der Waals surface area contributed by atoms with Crippen LogP contribution in [0.3, 0.4) is 0 Å². The summed E-state index contributed by atoms with van der Waals surface area (Å²) in [6, 6.07) is 8.93. The second-order valence-electron chi connectivity index (χ2n) is 8.13. The molecule has 35 heavy (non-hydrogen) atoms. The van der Waals surface area contributed by atoms with Crippen molar-refractivity contribution in [2.24, 2.45) is 0 Å². The smallest absolute Gasteiger partial charge is 0.244 e. The van der Waals surface area contributed by atoms with Gasteiger partial charge >= 0.3 is 0 Å². The van der Waals surface area contributed by atoms with Crippen molar-refractivity contribution in [3.63, 3.8) is 0 Å². The van der Waals surface area contributed by atoms with E-state index in [2.05, 4.69) is 21.2 Å². The van der Waals surface area contributed by atoms with Crippen molar-refractivity contribution in [3.05, 3.63) is 61.5 Å². The molecule has 0 saturated heterocycles. The number of sulfonamides is 1.